The summed E-state index contributed by atoms with van der Waals surface area (Å²) in [5.74, 6) is 0.386. The third-order valence-electron chi connectivity index (χ3n) is 5.41. The number of oxime groups is 1. The molecule has 8 heteroatoms. The number of aliphatic hydroxyl groups is 1. The van der Waals surface area contributed by atoms with Crippen LogP contribution in [-0.2, 0) is 4.84 Å². The van der Waals surface area contributed by atoms with Crippen LogP contribution in [0.1, 0.15) is 18.0 Å². The Hall–Kier alpha value is -3.00. The van der Waals surface area contributed by atoms with Crippen molar-refractivity contribution >= 4 is 22.7 Å². The maximum atomic E-state index is 9.84. The van der Waals surface area contributed by atoms with E-state index < -0.39 is 0 Å². The minimum Gasteiger partial charge on any atom is -0.396 e. The van der Waals surface area contributed by atoms with Gasteiger partial charge in [0, 0.05) is 18.6 Å². The van der Waals surface area contributed by atoms with Gasteiger partial charge in [-0.1, -0.05) is 35.5 Å². The molecule has 0 radical (unpaired) electrons. The minimum atomic E-state index is -0.156. The first-order valence-corrected chi connectivity index (χ1v) is 8.61. The Kier molecular flexibility index (Phi) is 3.39. The van der Waals surface area contributed by atoms with Crippen LogP contribution < -0.4 is 5.73 Å². The molecule has 1 aliphatic heterocycles. The Morgan fingerprint density at radius 1 is 1.19 bits per heavy atom. The van der Waals surface area contributed by atoms with Crippen molar-refractivity contribution in [2.24, 2.45) is 17.0 Å². The van der Waals surface area contributed by atoms with Gasteiger partial charge < -0.3 is 20.2 Å². The summed E-state index contributed by atoms with van der Waals surface area (Å²) >= 11 is 0. The number of nitrogens with zero attached hydrogens (tertiary/aromatic N) is 5. The fourth-order valence-corrected chi connectivity index (χ4v) is 4.20. The molecule has 3 aromatic rings. The molecule has 132 valence electrons. The lowest BCUT2D eigenvalue weighted by molar-refractivity contribution is 0.0206. The first-order chi connectivity index (χ1) is 12.8. The van der Waals surface area contributed by atoms with Crippen molar-refractivity contribution in [1.82, 2.24) is 19.5 Å². The monoisotopic (exact) mass is 350 g/mol. The number of aromatic nitrogens is 4. The van der Waals surface area contributed by atoms with Crippen molar-refractivity contribution in [2.45, 2.75) is 18.6 Å². The predicted octanol–water partition coefficient (Wildman–Crippen LogP) is 1.38. The number of nitrogens with two attached hydrogens (primary N) is 1. The number of nitrogen functional groups attached to an aromatic ring is 1. The van der Waals surface area contributed by atoms with Gasteiger partial charge in [-0.2, -0.15) is 0 Å². The van der Waals surface area contributed by atoms with E-state index >= 15 is 0 Å². The largest absolute Gasteiger partial charge is 0.396 e. The van der Waals surface area contributed by atoms with Gasteiger partial charge in [-0.3, -0.25) is 0 Å². The van der Waals surface area contributed by atoms with Crippen LogP contribution in [0.2, 0.25) is 0 Å². The predicted molar refractivity (Wildman–Crippen MR) is 95.3 cm³/mol. The number of hydrogen-bond donors (Lipinski definition) is 2. The lowest BCUT2D eigenvalue weighted by Crippen LogP contribution is -2.28. The first kappa shape index (κ1) is 15.3. The minimum absolute atomic E-state index is 0.00611. The average molecular weight is 350 g/mol. The van der Waals surface area contributed by atoms with E-state index in [-0.39, 0.29) is 30.6 Å². The Bertz CT molecular complexity index is 986. The molecule has 3 heterocycles. The van der Waals surface area contributed by atoms with Gasteiger partial charge in [0.2, 0.25) is 0 Å². The van der Waals surface area contributed by atoms with Crippen molar-refractivity contribution in [3.63, 3.8) is 0 Å². The lowest BCUT2D eigenvalue weighted by atomic mass is 9.90. The molecule has 0 spiro atoms. The van der Waals surface area contributed by atoms with Gasteiger partial charge in [0.15, 0.2) is 11.5 Å². The molecule has 0 amide bonds. The number of imidazole rings is 1. The molecule has 1 aliphatic carbocycles. The van der Waals surface area contributed by atoms with E-state index in [2.05, 4.69) is 20.1 Å². The summed E-state index contributed by atoms with van der Waals surface area (Å²) in [6, 6.07) is 10.0. The Balaban J connectivity index is 1.61. The highest BCUT2D eigenvalue weighted by atomic mass is 16.6. The van der Waals surface area contributed by atoms with Crippen LogP contribution in [0.4, 0.5) is 5.82 Å². The van der Waals surface area contributed by atoms with Gasteiger partial charge >= 0.3 is 0 Å². The molecule has 2 aromatic heterocycles. The van der Waals surface area contributed by atoms with E-state index in [0.717, 1.165) is 17.7 Å². The zero-order valence-corrected chi connectivity index (χ0v) is 13.9. The molecule has 26 heavy (non-hydrogen) atoms. The fourth-order valence-electron chi connectivity index (χ4n) is 4.20. The number of rotatable bonds is 3. The zero-order valence-electron chi connectivity index (χ0n) is 13.9. The van der Waals surface area contributed by atoms with Crippen LogP contribution in [0, 0.1) is 11.8 Å². The number of benzene rings is 1. The van der Waals surface area contributed by atoms with E-state index in [1.165, 1.54) is 6.33 Å². The summed E-state index contributed by atoms with van der Waals surface area (Å²) in [7, 11) is 0. The molecule has 0 bridgehead atoms. The van der Waals surface area contributed by atoms with Gasteiger partial charge in [-0.25, -0.2) is 15.0 Å². The van der Waals surface area contributed by atoms with Crippen molar-refractivity contribution < 1.29 is 9.94 Å². The van der Waals surface area contributed by atoms with Gasteiger partial charge in [0.25, 0.3) is 0 Å². The first-order valence-electron chi connectivity index (χ1n) is 8.61. The normalized spacial score (nSPS) is 27.3. The van der Waals surface area contributed by atoms with E-state index in [0.29, 0.717) is 17.0 Å². The lowest BCUT2D eigenvalue weighted by Gasteiger charge is -2.20. The quantitative estimate of drug-likeness (QED) is 0.738. The molecule has 1 aromatic carbocycles. The Morgan fingerprint density at radius 3 is 2.85 bits per heavy atom. The Morgan fingerprint density at radius 2 is 2.04 bits per heavy atom. The maximum Gasteiger partial charge on any atom is 0.165 e. The molecule has 4 atom stereocenters. The molecule has 3 N–H and O–H groups in total. The summed E-state index contributed by atoms with van der Waals surface area (Å²) in [4.78, 5) is 18.5. The summed E-state index contributed by atoms with van der Waals surface area (Å²) < 4.78 is 2.02. The highest BCUT2D eigenvalue weighted by Gasteiger charge is 2.52. The van der Waals surface area contributed by atoms with Crippen LogP contribution in [0.5, 0.6) is 0 Å². The molecule has 8 nitrogen and oxygen atoms in total. The van der Waals surface area contributed by atoms with Crippen molar-refractivity contribution in [2.75, 3.05) is 12.3 Å². The zero-order chi connectivity index (χ0) is 17.7. The van der Waals surface area contributed by atoms with Gasteiger partial charge in [-0.05, 0) is 12.0 Å². The summed E-state index contributed by atoms with van der Waals surface area (Å²) in [5.41, 5.74) is 9.15. The highest BCUT2D eigenvalue weighted by molar-refractivity contribution is 6.03. The van der Waals surface area contributed by atoms with Crippen LogP contribution in [0.3, 0.4) is 0 Å². The van der Waals surface area contributed by atoms with Gasteiger partial charge in [0.05, 0.1) is 18.0 Å². The third kappa shape index (κ3) is 2.12. The molecular weight excluding hydrogens is 332 g/mol. The van der Waals surface area contributed by atoms with Gasteiger partial charge in [-0.15, -0.1) is 0 Å². The van der Waals surface area contributed by atoms with E-state index in [4.69, 9.17) is 10.6 Å². The molecule has 1 saturated carbocycles. The smallest absolute Gasteiger partial charge is 0.165 e. The van der Waals surface area contributed by atoms with Crippen molar-refractivity contribution in [1.29, 1.82) is 0 Å². The fraction of sp³-hybridized carbons (Fsp3) is 0.333. The summed E-state index contributed by atoms with van der Waals surface area (Å²) in [6.07, 6.45) is 3.80. The van der Waals surface area contributed by atoms with E-state index in [1.807, 2.05) is 34.9 Å². The van der Waals surface area contributed by atoms with E-state index in [1.54, 1.807) is 6.33 Å². The van der Waals surface area contributed by atoms with Crippen molar-refractivity contribution in [3.05, 3.63) is 48.5 Å². The second kappa shape index (κ2) is 5.77. The maximum absolute atomic E-state index is 9.84. The van der Waals surface area contributed by atoms with Crippen LogP contribution in [-0.4, -0.2) is 43.0 Å². The van der Waals surface area contributed by atoms with Crippen LogP contribution >= 0.6 is 0 Å². The van der Waals surface area contributed by atoms with Crippen molar-refractivity contribution in [3.8, 4) is 0 Å². The molecule has 2 aliphatic rings. The van der Waals surface area contributed by atoms with E-state index in [9.17, 15) is 5.11 Å². The molecule has 0 unspecified atom stereocenters. The number of anilines is 1. The number of fused-ring (bicyclic) bond motifs is 2. The molecule has 5 rings (SSSR count). The number of aliphatic hydroxyl groups excluding tert-OH is 1. The Labute approximate surface area is 149 Å². The van der Waals surface area contributed by atoms with Gasteiger partial charge in [0.1, 0.15) is 17.9 Å². The standard InChI is InChI=1S/C18H18N6O2/c19-17-15-18(21-8-20-17)24(9-22-15)12-6-11(7-25)16-13(12)14(23-26-16)10-4-2-1-3-5-10/h1-5,8-9,11-13,16,25H,6-7H2,(H2,19,20,21)/t11-,12+,13+,16+/m0/s1. The highest BCUT2D eigenvalue weighted by Crippen LogP contribution is 2.47. The molecule has 1 fully saturated rings. The van der Waals surface area contributed by atoms with Crippen LogP contribution in [0.25, 0.3) is 11.2 Å². The third-order valence-corrected chi connectivity index (χ3v) is 5.41. The topological polar surface area (TPSA) is 111 Å². The molecule has 0 saturated heterocycles. The number of hydrogen-bond acceptors (Lipinski definition) is 7. The SMILES string of the molecule is Nc1ncnc2c1ncn2[C@@H]1C[C@@H](CO)[C@H]2ON=C(c3ccccc3)[C@H]21. The average Bonchev–Trinajstić information content (AvgIpc) is 3.36. The summed E-state index contributed by atoms with van der Waals surface area (Å²) in [6.45, 7) is 0.0546. The van der Waals surface area contributed by atoms with Crippen LogP contribution in [0.15, 0.2) is 48.1 Å². The summed E-state index contributed by atoms with van der Waals surface area (Å²) in [5, 5.41) is 14.2. The second-order valence-corrected chi connectivity index (χ2v) is 6.77. The molecular formula is C18H18N6O2. The second-order valence-electron chi connectivity index (χ2n) is 6.77.